The van der Waals surface area contributed by atoms with Crippen molar-refractivity contribution in [2.24, 2.45) is 0 Å². The van der Waals surface area contributed by atoms with Gasteiger partial charge in [0.15, 0.2) is 11.0 Å². The fourth-order valence-electron chi connectivity index (χ4n) is 4.42. The number of hydrogen-bond donors (Lipinski definition) is 1. The number of hydrogen-bond acceptors (Lipinski definition) is 5. The van der Waals surface area contributed by atoms with E-state index in [4.69, 9.17) is 11.6 Å². The van der Waals surface area contributed by atoms with Crippen LogP contribution in [-0.4, -0.2) is 39.5 Å². The first-order valence-electron chi connectivity index (χ1n) is 12.1. The van der Waals surface area contributed by atoms with Gasteiger partial charge in [0.25, 0.3) is 0 Å². The summed E-state index contributed by atoms with van der Waals surface area (Å²) >= 11 is 7.46. The Morgan fingerprint density at radius 2 is 1.67 bits per heavy atom. The van der Waals surface area contributed by atoms with Gasteiger partial charge in [0.2, 0.25) is 5.91 Å². The molecule has 0 unspecified atom stereocenters. The van der Waals surface area contributed by atoms with Crippen LogP contribution < -0.4 is 10.2 Å². The van der Waals surface area contributed by atoms with Crippen LogP contribution in [0.25, 0.3) is 17.1 Å². The molecule has 4 aromatic rings. The van der Waals surface area contributed by atoms with Crippen molar-refractivity contribution < 1.29 is 4.79 Å². The number of anilines is 2. The molecule has 3 aromatic carbocycles. The van der Waals surface area contributed by atoms with Crippen LogP contribution >= 0.6 is 23.4 Å². The van der Waals surface area contributed by atoms with Crippen LogP contribution in [0.15, 0.2) is 78.0 Å². The van der Waals surface area contributed by atoms with E-state index in [0.29, 0.717) is 16.0 Å². The Hall–Kier alpha value is -3.29. The predicted octanol–water partition coefficient (Wildman–Crippen LogP) is 6.62. The van der Waals surface area contributed by atoms with Crippen molar-refractivity contribution in [3.8, 4) is 17.1 Å². The SMILES string of the molecule is Cc1ccccc1-n1c(SCC(=O)Nc2ccc(N3CCCCC3)cc2)nnc1-c1ccc(Cl)cc1. The summed E-state index contributed by atoms with van der Waals surface area (Å²) in [6.07, 6.45) is 3.78. The Morgan fingerprint density at radius 3 is 2.39 bits per heavy atom. The number of para-hydroxylation sites is 1. The highest BCUT2D eigenvalue weighted by molar-refractivity contribution is 7.99. The van der Waals surface area contributed by atoms with Gasteiger partial charge in [0.05, 0.1) is 11.4 Å². The normalized spacial score (nSPS) is 13.6. The van der Waals surface area contributed by atoms with E-state index < -0.39 is 0 Å². The minimum absolute atomic E-state index is 0.0851. The second kappa shape index (κ2) is 11.2. The minimum atomic E-state index is -0.0851. The Kier molecular flexibility index (Phi) is 7.58. The van der Waals surface area contributed by atoms with Crippen LogP contribution in [0.4, 0.5) is 11.4 Å². The summed E-state index contributed by atoms with van der Waals surface area (Å²) in [5.41, 5.74) is 4.98. The van der Waals surface area contributed by atoms with E-state index in [1.807, 2.05) is 59.2 Å². The van der Waals surface area contributed by atoms with Crippen molar-refractivity contribution in [1.29, 1.82) is 0 Å². The van der Waals surface area contributed by atoms with Gasteiger partial charge in [0, 0.05) is 35.1 Å². The Labute approximate surface area is 220 Å². The highest BCUT2D eigenvalue weighted by atomic mass is 35.5. The number of nitrogens with zero attached hydrogens (tertiary/aromatic N) is 4. The molecule has 2 heterocycles. The molecule has 0 radical (unpaired) electrons. The van der Waals surface area contributed by atoms with Gasteiger partial charge in [-0.15, -0.1) is 10.2 Å². The molecule has 184 valence electrons. The van der Waals surface area contributed by atoms with Gasteiger partial charge in [-0.05, 0) is 86.3 Å². The fourth-order valence-corrected chi connectivity index (χ4v) is 5.29. The molecule has 0 aliphatic carbocycles. The molecular formula is C28H28ClN5OS. The molecule has 36 heavy (non-hydrogen) atoms. The van der Waals surface area contributed by atoms with E-state index in [1.165, 1.54) is 36.7 Å². The third-order valence-electron chi connectivity index (χ3n) is 6.30. The Balaban J connectivity index is 1.31. The zero-order valence-electron chi connectivity index (χ0n) is 20.2. The summed E-state index contributed by atoms with van der Waals surface area (Å²) in [5, 5.41) is 13.2. The average Bonchev–Trinajstić information content (AvgIpc) is 3.33. The van der Waals surface area contributed by atoms with E-state index in [2.05, 4.69) is 45.5 Å². The molecule has 1 N–H and O–H groups in total. The average molecular weight is 518 g/mol. The van der Waals surface area contributed by atoms with E-state index in [0.717, 1.165) is 35.6 Å². The van der Waals surface area contributed by atoms with Crippen LogP contribution in [0.5, 0.6) is 0 Å². The molecule has 5 rings (SSSR count). The van der Waals surface area contributed by atoms with Crippen molar-refractivity contribution in [1.82, 2.24) is 14.8 Å². The van der Waals surface area contributed by atoms with Crippen LogP contribution in [0.1, 0.15) is 24.8 Å². The summed E-state index contributed by atoms with van der Waals surface area (Å²) in [6.45, 7) is 4.25. The molecular weight excluding hydrogens is 490 g/mol. The van der Waals surface area contributed by atoms with Crippen molar-refractivity contribution in [2.45, 2.75) is 31.3 Å². The number of aromatic nitrogens is 3. The van der Waals surface area contributed by atoms with E-state index >= 15 is 0 Å². The zero-order chi connectivity index (χ0) is 24.9. The highest BCUT2D eigenvalue weighted by Crippen LogP contribution is 2.30. The van der Waals surface area contributed by atoms with Gasteiger partial charge in [-0.1, -0.05) is 41.6 Å². The molecule has 0 spiro atoms. The number of rotatable bonds is 7. The van der Waals surface area contributed by atoms with Crippen molar-refractivity contribution in [3.63, 3.8) is 0 Å². The lowest BCUT2D eigenvalue weighted by Crippen LogP contribution is -2.29. The van der Waals surface area contributed by atoms with Crippen molar-refractivity contribution >= 4 is 40.6 Å². The van der Waals surface area contributed by atoms with E-state index in [-0.39, 0.29) is 11.7 Å². The summed E-state index contributed by atoms with van der Waals surface area (Å²) in [7, 11) is 0. The van der Waals surface area contributed by atoms with Gasteiger partial charge in [-0.2, -0.15) is 0 Å². The van der Waals surface area contributed by atoms with Gasteiger partial charge >= 0.3 is 0 Å². The molecule has 1 amide bonds. The van der Waals surface area contributed by atoms with Crippen LogP contribution in [0, 0.1) is 6.92 Å². The first kappa shape index (κ1) is 24.4. The zero-order valence-corrected chi connectivity index (χ0v) is 21.7. The van der Waals surface area contributed by atoms with Gasteiger partial charge in [-0.25, -0.2) is 0 Å². The molecule has 0 atom stereocenters. The highest BCUT2D eigenvalue weighted by Gasteiger charge is 2.19. The number of halogens is 1. The second-order valence-corrected chi connectivity index (χ2v) is 10.2. The molecule has 1 fully saturated rings. The van der Waals surface area contributed by atoms with Gasteiger partial charge in [0.1, 0.15) is 0 Å². The van der Waals surface area contributed by atoms with Crippen LogP contribution in [0.3, 0.4) is 0 Å². The van der Waals surface area contributed by atoms with Crippen molar-refractivity contribution in [3.05, 3.63) is 83.4 Å². The van der Waals surface area contributed by atoms with Crippen LogP contribution in [-0.2, 0) is 4.79 Å². The summed E-state index contributed by atoms with van der Waals surface area (Å²) in [4.78, 5) is 15.2. The summed E-state index contributed by atoms with van der Waals surface area (Å²) < 4.78 is 2.00. The first-order valence-corrected chi connectivity index (χ1v) is 13.5. The molecule has 1 saturated heterocycles. The second-order valence-electron chi connectivity index (χ2n) is 8.87. The third-order valence-corrected chi connectivity index (χ3v) is 7.48. The quantitative estimate of drug-likeness (QED) is 0.279. The number of aryl methyl sites for hydroxylation is 1. The predicted molar refractivity (Wildman–Crippen MR) is 148 cm³/mol. The van der Waals surface area contributed by atoms with Crippen LogP contribution in [0.2, 0.25) is 5.02 Å². The van der Waals surface area contributed by atoms with Gasteiger partial charge < -0.3 is 10.2 Å². The number of carbonyl (C=O) groups is 1. The Morgan fingerprint density at radius 1 is 0.944 bits per heavy atom. The maximum atomic E-state index is 12.8. The fraction of sp³-hybridized carbons (Fsp3) is 0.250. The van der Waals surface area contributed by atoms with Gasteiger partial charge in [-0.3, -0.25) is 9.36 Å². The lowest BCUT2D eigenvalue weighted by molar-refractivity contribution is -0.113. The standard InChI is InChI=1S/C28H28ClN5OS/c1-20-7-3-4-8-25(20)34-27(21-9-11-22(29)12-10-21)31-32-28(34)36-19-26(35)30-23-13-15-24(16-14-23)33-17-5-2-6-18-33/h3-4,7-16H,2,5-6,17-19H2,1H3,(H,30,35). The number of amides is 1. The monoisotopic (exact) mass is 517 g/mol. The third kappa shape index (κ3) is 5.58. The van der Waals surface area contributed by atoms with E-state index in [9.17, 15) is 4.79 Å². The largest absolute Gasteiger partial charge is 0.372 e. The molecule has 8 heteroatoms. The first-order chi connectivity index (χ1) is 17.6. The summed E-state index contributed by atoms with van der Waals surface area (Å²) in [5.74, 6) is 0.841. The maximum absolute atomic E-state index is 12.8. The number of nitrogens with one attached hydrogen (secondary N) is 1. The smallest absolute Gasteiger partial charge is 0.234 e. The summed E-state index contributed by atoms with van der Waals surface area (Å²) in [6, 6.07) is 23.7. The maximum Gasteiger partial charge on any atom is 0.234 e. The molecule has 0 bridgehead atoms. The number of benzene rings is 3. The Bertz CT molecular complexity index is 1330. The van der Waals surface area contributed by atoms with Crippen molar-refractivity contribution in [2.75, 3.05) is 29.1 Å². The minimum Gasteiger partial charge on any atom is -0.372 e. The molecule has 1 aromatic heterocycles. The topological polar surface area (TPSA) is 63.1 Å². The molecule has 1 aliphatic heterocycles. The number of carbonyl (C=O) groups excluding carboxylic acids is 1. The van der Waals surface area contributed by atoms with E-state index in [1.54, 1.807) is 0 Å². The molecule has 1 aliphatic rings. The lowest BCUT2D eigenvalue weighted by Gasteiger charge is -2.28. The number of piperidine rings is 1. The molecule has 0 saturated carbocycles. The molecule has 6 nitrogen and oxygen atoms in total. The number of thioether (sulfide) groups is 1. The lowest BCUT2D eigenvalue weighted by atomic mass is 10.1.